The summed E-state index contributed by atoms with van der Waals surface area (Å²) < 4.78 is 0. The fourth-order valence-electron chi connectivity index (χ4n) is 7.26. The molecule has 0 bridgehead atoms. The van der Waals surface area contributed by atoms with Crippen LogP contribution in [0.15, 0.2) is 128 Å². The van der Waals surface area contributed by atoms with E-state index in [1.54, 1.807) is 12.3 Å². The number of likely N-dealkylation sites (N-methyl/N-ethyl adjacent to an activating group) is 3. The molecule has 0 radical (unpaired) electrons. The van der Waals surface area contributed by atoms with Crippen LogP contribution in [0.2, 0.25) is 10.2 Å². The van der Waals surface area contributed by atoms with Crippen LogP contribution >= 0.6 is 23.2 Å². The Morgan fingerprint density at radius 3 is 1.40 bits per heavy atom. The molecule has 6 heterocycles. The number of halogens is 2. The minimum atomic E-state index is -0.619. The van der Waals surface area contributed by atoms with E-state index in [1.807, 2.05) is 78.9 Å². The van der Waals surface area contributed by atoms with Gasteiger partial charge in [0.15, 0.2) is 0 Å². The predicted molar refractivity (Wildman–Crippen MR) is 292 cm³/mol. The summed E-state index contributed by atoms with van der Waals surface area (Å²) in [6.45, 7) is 14.5. The maximum atomic E-state index is 11.3. The van der Waals surface area contributed by atoms with Crippen LogP contribution in [-0.4, -0.2) is 139 Å². The van der Waals surface area contributed by atoms with E-state index < -0.39 is 9.85 Å². The average molecular weight is 1030 g/mol. The van der Waals surface area contributed by atoms with Crippen LogP contribution < -0.4 is 37.2 Å². The highest BCUT2D eigenvalue weighted by atomic mass is 35.5. The Labute approximate surface area is 432 Å². The van der Waals surface area contributed by atoms with Gasteiger partial charge < -0.3 is 51.9 Å². The van der Waals surface area contributed by atoms with E-state index in [2.05, 4.69) is 94.7 Å². The second-order valence-electron chi connectivity index (χ2n) is 17.2. The number of anilines is 5. The molecule has 384 valence electrons. The molecule has 0 saturated carbocycles. The molecule has 3 saturated heterocycles. The van der Waals surface area contributed by atoms with Crippen LogP contribution in [0.5, 0.6) is 0 Å². The standard InChI is InChI=1S/C17H21N5O2.C17H23N5.C7H9N.C5H2Cl2N2O2.C5H12N2/c1-20-7-9-21(10-8-20)17-11-15(16(13-19-17)22(23)24)18-12-14-5-3-2-4-6-14;1-21-7-9-22(10-8-21)17-11-16(15(18)13-20-17)19-12-14-5-3-2-4-6-14;8-6-7-4-2-1-3-5-7;6-3-1-5(7)8-2-4(3)9(10)11;1-7-4-2-6-3-5-7/h2-6,11,13H,7-10,12H2,1H3,(H,18,19);2-6,11,13H,7-10,12,18H2,1H3,(H,19,20);1-5H,6,8H2;1-2H;6H,2-5H2,1H3. The summed E-state index contributed by atoms with van der Waals surface area (Å²) in [7, 11) is 6.40. The molecule has 3 aromatic carbocycles. The van der Waals surface area contributed by atoms with Gasteiger partial charge in [0.1, 0.15) is 39.9 Å². The molecule has 9 rings (SSSR count). The van der Waals surface area contributed by atoms with Crippen molar-refractivity contribution >= 4 is 63.3 Å². The number of nitrogens with zero attached hydrogens (tertiary/aromatic N) is 10. The molecule has 3 aliphatic rings. The molecule has 0 unspecified atom stereocenters. The molecule has 3 aliphatic heterocycles. The lowest BCUT2D eigenvalue weighted by Crippen LogP contribution is -2.44. The first kappa shape index (κ1) is 56.2. The number of pyridine rings is 3. The number of piperazine rings is 3. The van der Waals surface area contributed by atoms with Crippen molar-refractivity contribution in [1.29, 1.82) is 0 Å². The molecule has 0 atom stereocenters. The second-order valence-corrected chi connectivity index (χ2v) is 18.0. The highest BCUT2D eigenvalue weighted by molar-refractivity contribution is 6.35. The minimum absolute atomic E-state index is 0.00353. The van der Waals surface area contributed by atoms with Crippen molar-refractivity contribution in [2.75, 3.05) is 126 Å². The van der Waals surface area contributed by atoms with E-state index in [0.717, 1.165) is 101 Å². The zero-order valence-electron chi connectivity index (χ0n) is 41.2. The van der Waals surface area contributed by atoms with Crippen LogP contribution in [-0.2, 0) is 19.6 Å². The van der Waals surface area contributed by atoms with Crippen molar-refractivity contribution in [1.82, 2.24) is 35.0 Å². The molecule has 0 aliphatic carbocycles. The lowest BCUT2D eigenvalue weighted by Gasteiger charge is -2.33. The van der Waals surface area contributed by atoms with E-state index in [0.29, 0.717) is 24.5 Å². The first-order chi connectivity index (χ1) is 34.8. The highest BCUT2D eigenvalue weighted by Crippen LogP contribution is 2.29. The fourth-order valence-corrected chi connectivity index (χ4v) is 7.70. The third-order valence-electron chi connectivity index (χ3n) is 11.7. The SMILES string of the molecule is CN1CCN(c2cc(NCc3ccccc3)c(N)cn2)CC1.CN1CCN(c2cc(NCc3ccccc3)c([N+](=O)[O-])cn2)CC1.CN1CCNCC1.NCc1ccccc1.O=[N+]([O-])c1cnc(Cl)cc1Cl. The normalized spacial score (nSPS) is 14.9. The van der Waals surface area contributed by atoms with E-state index in [9.17, 15) is 20.2 Å². The summed E-state index contributed by atoms with van der Waals surface area (Å²) in [4.78, 5) is 44.1. The number of nitrogen functional groups attached to an aromatic ring is 1. The van der Waals surface area contributed by atoms with Crippen LogP contribution in [0.3, 0.4) is 0 Å². The van der Waals surface area contributed by atoms with Crippen molar-refractivity contribution in [3.05, 3.63) is 175 Å². The summed E-state index contributed by atoms with van der Waals surface area (Å²) in [6.07, 6.45) is 4.12. The predicted octanol–water partition coefficient (Wildman–Crippen LogP) is 7.34. The van der Waals surface area contributed by atoms with Crippen molar-refractivity contribution < 1.29 is 9.85 Å². The number of nitrogens with two attached hydrogens (primary N) is 2. The van der Waals surface area contributed by atoms with E-state index in [1.165, 1.54) is 36.5 Å². The minimum Gasteiger partial charge on any atom is -0.396 e. The molecule has 0 spiro atoms. The van der Waals surface area contributed by atoms with Crippen LogP contribution in [0.25, 0.3) is 0 Å². The maximum absolute atomic E-state index is 11.3. The Morgan fingerprint density at radius 1 is 0.569 bits per heavy atom. The molecule has 3 aromatic heterocycles. The molecule has 0 amide bonds. The molecule has 3 fully saturated rings. The Morgan fingerprint density at radius 2 is 0.986 bits per heavy atom. The van der Waals surface area contributed by atoms with E-state index >= 15 is 0 Å². The van der Waals surface area contributed by atoms with Gasteiger partial charge in [0, 0.05) is 116 Å². The Hall–Kier alpha value is -6.71. The molecule has 7 N–H and O–H groups in total. The second kappa shape index (κ2) is 30.2. The molecule has 6 aromatic rings. The molecule has 21 heteroatoms. The van der Waals surface area contributed by atoms with Gasteiger partial charge in [0.05, 0.1) is 27.4 Å². The third-order valence-corrected chi connectivity index (χ3v) is 12.2. The van der Waals surface area contributed by atoms with Crippen LogP contribution in [0, 0.1) is 20.2 Å². The fraction of sp³-hybridized carbons (Fsp3) is 0.353. The Bertz CT molecular complexity index is 2530. The third kappa shape index (κ3) is 19.5. The maximum Gasteiger partial charge on any atom is 0.310 e. The molecular weight excluding hydrogens is 958 g/mol. The van der Waals surface area contributed by atoms with E-state index in [-0.39, 0.29) is 21.6 Å². The van der Waals surface area contributed by atoms with Gasteiger partial charge in [-0.05, 0) is 37.8 Å². The van der Waals surface area contributed by atoms with Gasteiger partial charge in [-0.1, -0.05) is 114 Å². The Kier molecular flexibility index (Phi) is 23.6. The number of hydrogen-bond donors (Lipinski definition) is 5. The van der Waals surface area contributed by atoms with Crippen LogP contribution in [0.1, 0.15) is 16.7 Å². The van der Waals surface area contributed by atoms with Gasteiger partial charge in [-0.2, -0.15) is 0 Å². The van der Waals surface area contributed by atoms with Gasteiger partial charge in [-0.15, -0.1) is 0 Å². The lowest BCUT2D eigenvalue weighted by molar-refractivity contribution is -0.385. The van der Waals surface area contributed by atoms with Gasteiger partial charge in [-0.3, -0.25) is 20.2 Å². The average Bonchev–Trinajstić information content (AvgIpc) is 3.40. The topological polar surface area (TPSA) is 229 Å². The smallest absolute Gasteiger partial charge is 0.310 e. The van der Waals surface area contributed by atoms with Gasteiger partial charge in [0.2, 0.25) is 0 Å². The van der Waals surface area contributed by atoms with Crippen molar-refractivity contribution in [2.24, 2.45) is 5.73 Å². The number of hydrogen-bond acceptors (Lipinski definition) is 17. The number of nitrogens with one attached hydrogen (secondary N) is 3. The van der Waals surface area contributed by atoms with Gasteiger partial charge >= 0.3 is 11.4 Å². The van der Waals surface area contributed by atoms with Gasteiger partial charge in [0.25, 0.3) is 0 Å². The Balaban J connectivity index is 0.000000182. The molecule has 19 nitrogen and oxygen atoms in total. The van der Waals surface area contributed by atoms with Crippen molar-refractivity contribution in [2.45, 2.75) is 19.6 Å². The summed E-state index contributed by atoms with van der Waals surface area (Å²) in [5.41, 5.74) is 16.8. The first-order valence-electron chi connectivity index (χ1n) is 23.7. The van der Waals surface area contributed by atoms with Gasteiger partial charge in [-0.25, -0.2) is 15.0 Å². The first-order valence-corrected chi connectivity index (χ1v) is 24.5. The zero-order valence-corrected chi connectivity index (χ0v) is 42.8. The summed E-state index contributed by atoms with van der Waals surface area (Å²) >= 11 is 10.9. The number of aromatic nitrogens is 3. The summed E-state index contributed by atoms with van der Waals surface area (Å²) in [5, 5.41) is 31.4. The number of benzene rings is 3. The lowest BCUT2D eigenvalue weighted by atomic mass is 10.2. The summed E-state index contributed by atoms with van der Waals surface area (Å²) in [6, 6.07) is 35.2. The van der Waals surface area contributed by atoms with Crippen molar-refractivity contribution in [3.63, 3.8) is 0 Å². The molecular formula is C51H67Cl2N15O4. The van der Waals surface area contributed by atoms with Crippen LogP contribution in [0.4, 0.5) is 40.1 Å². The largest absolute Gasteiger partial charge is 0.396 e. The number of rotatable bonds is 11. The monoisotopic (exact) mass is 1020 g/mol. The molecule has 72 heavy (non-hydrogen) atoms. The van der Waals surface area contributed by atoms with Crippen molar-refractivity contribution in [3.8, 4) is 0 Å². The summed E-state index contributed by atoms with van der Waals surface area (Å²) in [5.74, 6) is 1.78. The van der Waals surface area contributed by atoms with E-state index in [4.69, 9.17) is 34.7 Å². The zero-order chi connectivity index (χ0) is 51.7. The quantitative estimate of drug-likeness (QED) is 0.0485. The number of nitro groups is 2. The highest BCUT2D eigenvalue weighted by Gasteiger charge is 2.21.